The summed E-state index contributed by atoms with van der Waals surface area (Å²) in [4.78, 5) is 13.9. The molecule has 1 aliphatic rings. The molecule has 1 amide bonds. The van der Waals surface area contributed by atoms with Gasteiger partial charge in [0, 0.05) is 37.8 Å². The fraction of sp³-hybridized carbons (Fsp3) is 0.316. The summed E-state index contributed by atoms with van der Waals surface area (Å²) in [5.74, 6) is -0.359. The minimum atomic E-state index is -4.55. The second kappa shape index (κ2) is 8.44. The van der Waals surface area contributed by atoms with E-state index in [0.717, 1.165) is 12.1 Å². The molecule has 0 unspecified atom stereocenters. The van der Waals surface area contributed by atoms with Gasteiger partial charge < -0.3 is 9.64 Å². The van der Waals surface area contributed by atoms with Crippen molar-refractivity contribution in [3.63, 3.8) is 0 Å². The van der Waals surface area contributed by atoms with E-state index in [1.54, 1.807) is 0 Å². The fourth-order valence-corrected chi connectivity index (χ4v) is 4.73. The van der Waals surface area contributed by atoms with Crippen LogP contribution in [0.3, 0.4) is 0 Å². The van der Waals surface area contributed by atoms with E-state index >= 15 is 0 Å². The van der Waals surface area contributed by atoms with Crippen molar-refractivity contribution in [3.8, 4) is 5.75 Å². The first-order valence-corrected chi connectivity index (χ1v) is 10.7. The first kappa shape index (κ1) is 22.4. The number of methoxy groups -OCH3 is 1. The minimum Gasteiger partial charge on any atom is -0.495 e. The SMILES string of the molecule is COc1cc(S(=O)(=O)N2CCN(C(=O)c3cccc(C(F)(F)F)c3)CC2)ccc1Cl. The van der Waals surface area contributed by atoms with Gasteiger partial charge >= 0.3 is 6.18 Å². The van der Waals surface area contributed by atoms with Crippen LogP contribution in [0.4, 0.5) is 13.2 Å². The molecule has 0 radical (unpaired) electrons. The third-order valence-corrected chi connectivity index (χ3v) is 6.93. The molecule has 0 saturated carbocycles. The van der Waals surface area contributed by atoms with E-state index in [1.807, 2.05) is 0 Å². The van der Waals surface area contributed by atoms with Gasteiger partial charge in [-0.1, -0.05) is 17.7 Å². The van der Waals surface area contributed by atoms with Gasteiger partial charge in [-0.3, -0.25) is 4.79 Å². The summed E-state index contributed by atoms with van der Waals surface area (Å²) >= 11 is 5.94. The van der Waals surface area contributed by atoms with Crippen molar-refractivity contribution in [2.45, 2.75) is 11.1 Å². The van der Waals surface area contributed by atoms with Crippen LogP contribution in [0.2, 0.25) is 5.02 Å². The molecule has 1 heterocycles. The highest BCUT2D eigenvalue weighted by Crippen LogP contribution is 2.31. The van der Waals surface area contributed by atoms with Crippen molar-refractivity contribution in [1.29, 1.82) is 0 Å². The van der Waals surface area contributed by atoms with Crippen LogP contribution in [0.5, 0.6) is 5.75 Å². The predicted octanol–water partition coefficient (Wildman–Crippen LogP) is 3.51. The Balaban J connectivity index is 1.72. The minimum absolute atomic E-state index is 0.00130. The molecule has 30 heavy (non-hydrogen) atoms. The lowest BCUT2D eigenvalue weighted by molar-refractivity contribution is -0.137. The van der Waals surface area contributed by atoms with Crippen molar-refractivity contribution in [2.24, 2.45) is 0 Å². The second-order valence-corrected chi connectivity index (χ2v) is 8.92. The summed E-state index contributed by atoms with van der Waals surface area (Å²) in [6, 6.07) is 8.26. The summed E-state index contributed by atoms with van der Waals surface area (Å²) < 4.78 is 70.6. The number of sulfonamides is 1. The van der Waals surface area contributed by atoms with Gasteiger partial charge in [-0.2, -0.15) is 17.5 Å². The highest BCUT2D eigenvalue weighted by molar-refractivity contribution is 7.89. The molecular weight excluding hydrogens is 445 g/mol. The Morgan fingerprint density at radius 1 is 1.07 bits per heavy atom. The van der Waals surface area contributed by atoms with Crippen molar-refractivity contribution in [2.75, 3.05) is 33.3 Å². The Labute approximate surface area is 176 Å². The number of hydrogen-bond donors (Lipinski definition) is 0. The maximum Gasteiger partial charge on any atom is 0.416 e. The normalized spacial score (nSPS) is 15.8. The number of benzene rings is 2. The molecule has 162 valence electrons. The van der Waals surface area contributed by atoms with Gasteiger partial charge in [0.05, 0.1) is 22.6 Å². The number of hydrogen-bond acceptors (Lipinski definition) is 4. The van der Waals surface area contributed by atoms with Crippen molar-refractivity contribution >= 4 is 27.5 Å². The first-order chi connectivity index (χ1) is 14.0. The zero-order valence-electron chi connectivity index (χ0n) is 15.8. The molecule has 2 aromatic rings. The molecule has 0 spiro atoms. The van der Waals surface area contributed by atoms with Gasteiger partial charge in [0.15, 0.2) is 0 Å². The Hall–Kier alpha value is -2.30. The maximum atomic E-state index is 12.9. The molecule has 6 nitrogen and oxygen atoms in total. The molecule has 1 fully saturated rings. The number of rotatable bonds is 4. The summed E-state index contributed by atoms with van der Waals surface area (Å²) in [6.45, 7) is 0.133. The Morgan fingerprint density at radius 3 is 2.33 bits per heavy atom. The second-order valence-electron chi connectivity index (χ2n) is 6.57. The number of ether oxygens (including phenoxy) is 1. The van der Waals surface area contributed by atoms with E-state index in [1.165, 1.54) is 46.6 Å². The number of alkyl halides is 3. The molecule has 0 aromatic heterocycles. The molecule has 1 saturated heterocycles. The summed E-state index contributed by atoms with van der Waals surface area (Å²) in [7, 11) is -2.47. The summed E-state index contributed by atoms with van der Waals surface area (Å²) in [5.41, 5.74) is -1.00. The number of amides is 1. The lowest BCUT2D eigenvalue weighted by Crippen LogP contribution is -2.50. The third-order valence-electron chi connectivity index (χ3n) is 4.72. The zero-order chi connectivity index (χ0) is 22.1. The number of carbonyl (C=O) groups excluding carboxylic acids is 1. The van der Waals surface area contributed by atoms with Crippen LogP contribution in [0, 0.1) is 0 Å². The molecule has 3 rings (SSSR count). The van der Waals surface area contributed by atoms with Gasteiger partial charge in [-0.15, -0.1) is 0 Å². The number of halogens is 4. The van der Waals surface area contributed by atoms with Crippen LogP contribution < -0.4 is 4.74 Å². The quantitative estimate of drug-likeness (QED) is 0.697. The summed E-state index contributed by atoms with van der Waals surface area (Å²) in [6.07, 6.45) is -4.55. The topological polar surface area (TPSA) is 66.9 Å². The molecule has 0 aliphatic carbocycles. The van der Waals surface area contributed by atoms with Crippen LogP contribution in [0.1, 0.15) is 15.9 Å². The van der Waals surface area contributed by atoms with Gasteiger partial charge in [-0.05, 0) is 30.3 Å². The molecule has 2 aromatic carbocycles. The fourth-order valence-electron chi connectivity index (χ4n) is 3.09. The van der Waals surface area contributed by atoms with Crippen molar-refractivity contribution in [1.82, 2.24) is 9.21 Å². The smallest absolute Gasteiger partial charge is 0.416 e. The van der Waals surface area contributed by atoms with E-state index < -0.39 is 27.7 Å². The Bertz CT molecular complexity index is 1050. The number of carbonyl (C=O) groups is 1. The van der Waals surface area contributed by atoms with E-state index in [4.69, 9.17) is 16.3 Å². The van der Waals surface area contributed by atoms with Crippen LogP contribution in [0.15, 0.2) is 47.4 Å². The van der Waals surface area contributed by atoms with Gasteiger partial charge in [0.25, 0.3) is 5.91 Å². The van der Waals surface area contributed by atoms with Crippen molar-refractivity contribution in [3.05, 3.63) is 58.6 Å². The van der Waals surface area contributed by atoms with E-state index in [2.05, 4.69) is 0 Å². The van der Waals surface area contributed by atoms with Crippen LogP contribution in [-0.2, 0) is 16.2 Å². The monoisotopic (exact) mass is 462 g/mol. The first-order valence-electron chi connectivity index (χ1n) is 8.84. The van der Waals surface area contributed by atoms with Gasteiger partial charge in [0.1, 0.15) is 5.75 Å². The molecular formula is C19H18ClF3N2O4S. The lowest BCUT2D eigenvalue weighted by atomic mass is 10.1. The standard InChI is InChI=1S/C19H18ClF3N2O4S/c1-29-17-12-15(5-6-16(17)20)30(27,28)25-9-7-24(8-10-25)18(26)13-3-2-4-14(11-13)19(21,22)23/h2-6,11-12H,7-10H2,1H3. The Morgan fingerprint density at radius 2 is 1.73 bits per heavy atom. The van der Waals surface area contributed by atoms with E-state index in [9.17, 15) is 26.4 Å². The Kier molecular flexibility index (Phi) is 6.30. The largest absolute Gasteiger partial charge is 0.495 e. The highest BCUT2D eigenvalue weighted by Gasteiger charge is 2.33. The molecule has 0 atom stereocenters. The maximum absolute atomic E-state index is 12.9. The number of nitrogens with zero attached hydrogens (tertiary/aromatic N) is 2. The lowest BCUT2D eigenvalue weighted by Gasteiger charge is -2.34. The highest BCUT2D eigenvalue weighted by atomic mass is 35.5. The molecule has 1 aliphatic heterocycles. The average Bonchev–Trinajstić information content (AvgIpc) is 2.73. The van der Waals surface area contributed by atoms with Gasteiger partial charge in [0.2, 0.25) is 10.0 Å². The van der Waals surface area contributed by atoms with Crippen LogP contribution >= 0.6 is 11.6 Å². The van der Waals surface area contributed by atoms with E-state index in [0.29, 0.717) is 0 Å². The molecule has 0 N–H and O–H groups in total. The predicted molar refractivity (Wildman–Crippen MR) is 104 cm³/mol. The van der Waals surface area contributed by atoms with E-state index in [-0.39, 0.29) is 47.4 Å². The van der Waals surface area contributed by atoms with Crippen LogP contribution in [0.25, 0.3) is 0 Å². The number of piperazine rings is 1. The zero-order valence-corrected chi connectivity index (χ0v) is 17.4. The van der Waals surface area contributed by atoms with Gasteiger partial charge in [-0.25, -0.2) is 8.42 Å². The average molecular weight is 463 g/mol. The molecule has 11 heteroatoms. The third kappa shape index (κ3) is 4.55. The molecule has 0 bridgehead atoms. The van der Waals surface area contributed by atoms with Crippen molar-refractivity contribution < 1.29 is 31.1 Å². The summed E-state index contributed by atoms with van der Waals surface area (Å²) in [5, 5.41) is 0.271. The van der Waals surface area contributed by atoms with Crippen LogP contribution in [-0.4, -0.2) is 56.8 Å².